The topological polar surface area (TPSA) is 138 Å². The second kappa shape index (κ2) is 12.8. The summed E-state index contributed by atoms with van der Waals surface area (Å²) in [7, 11) is 1.31. The number of para-hydroxylation sites is 1. The molecule has 13 heteroatoms. The number of imide groups is 1. The second-order valence-corrected chi connectivity index (χ2v) is 10.8. The van der Waals surface area contributed by atoms with Gasteiger partial charge in [-0.25, -0.2) is 28.1 Å². The average molecular weight is 595 g/mol. The smallest absolute Gasteiger partial charge is 0.335 e. The van der Waals surface area contributed by atoms with Crippen molar-refractivity contribution in [3.63, 3.8) is 0 Å². The van der Waals surface area contributed by atoms with Crippen LogP contribution >= 0.6 is 0 Å². The Labute approximate surface area is 247 Å². The molecule has 2 heterocycles. The fourth-order valence-corrected chi connectivity index (χ4v) is 6.22. The Hall–Kier alpha value is -4.54. The average Bonchev–Trinajstić information content (AvgIpc) is 3.46. The number of carbonyl (C=O) groups excluding carboxylic acids is 2. The van der Waals surface area contributed by atoms with E-state index in [0.29, 0.717) is 23.3 Å². The van der Waals surface area contributed by atoms with E-state index < -0.39 is 35.7 Å². The minimum Gasteiger partial charge on any atom is -0.478 e. The van der Waals surface area contributed by atoms with Crippen LogP contribution in [0.25, 0.3) is 0 Å². The number of methoxy groups -OCH3 is 1. The van der Waals surface area contributed by atoms with Gasteiger partial charge in [0.1, 0.15) is 12.1 Å². The highest BCUT2D eigenvalue weighted by molar-refractivity contribution is 6.01. The Morgan fingerprint density at radius 3 is 2.53 bits per heavy atom. The zero-order valence-corrected chi connectivity index (χ0v) is 23.6. The number of nitriles is 1. The van der Waals surface area contributed by atoms with Crippen LogP contribution in [-0.2, 0) is 9.53 Å². The van der Waals surface area contributed by atoms with Crippen LogP contribution in [0.3, 0.4) is 0 Å². The largest absolute Gasteiger partial charge is 0.478 e. The first kappa shape index (κ1) is 29.9. The van der Waals surface area contributed by atoms with Crippen molar-refractivity contribution in [3.8, 4) is 6.07 Å². The van der Waals surface area contributed by atoms with Crippen molar-refractivity contribution in [1.82, 2.24) is 20.4 Å². The van der Waals surface area contributed by atoms with Crippen LogP contribution in [0.5, 0.6) is 0 Å². The molecule has 43 heavy (non-hydrogen) atoms. The number of carboxylic acids is 1. The number of benzene rings is 2. The molecule has 0 unspecified atom stereocenters. The lowest BCUT2D eigenvalue weighted by atomic mass is 9.93. The van der Waals surface area contributed by atoms with Crippen LogP contribution in [0.1, 0.15) is 36.4 Å². The number of aliphatic carboxylic acids is 1. The highest BCUT2D eigenvalue weighted by Gasteiger charge is 2.44. The Kier molecular flexibility index (Phi) is 8.89. The zero-order chi connectivity index (χ0) is 30.7. The summed E-state index contributed by atoms with van der Waals surface area (Å²) in [6, 6.07) is 9.15. The number of carbonyl (C=O) groups is 3. The van der Waals surface area contributed by atoms with Gasteiger partial charge in [0.15, 0.2) is 11.6 Å². The molecule has 3 atom stereocenters. The quantitative estimate of drug-likeness (QED) is 0.444. The summed E-state index contributed by atoms with van der Waals surface area (Å²) in [6.07, 6.45) is 2.09. The maximum absolute atomic E-state index is 14.2. The number of anilines is 1. The predicted molar refractivity (Wildman–Crippen MR) is 151 cm³/mol. The summed E-state index contributed by atoms with van der Waals surface area (Å²) in [4.78, 5) is 44.3. The highest BCUT2D eigenvalue weighted by atomic mass is 19.2. The van der Waals surface area contributed by atoms with Crippen LogP contribution < -0.4 is 15.5 Å². The molecule has 2 fully saturated rings. The molecule has 1 saturated heterocycles. The number of rotatable bonds is 7. The van der Waals surface area contributed by atoms with Gasteiger partial charge in [-0.3, -0.25) is 4.90 Å². The first-order chi connectivity index (χ1) is 20.7. The van der Waals surface area contributed by atoms with E-state index >= 15 is 0 Å². The SMILES string of the molecule is COCC1=C(C(=O)O)[C@H](c2ccc(F)c(F)c2)N(C(=O)N[C@@H]2CC[C@@H](N3CCN(c4ccccc4C#N)CC3)C2)C(=O)N1. The van der Waals surface area contributed by atoms with Crippen molar-refractivity contribution in [2.75, 3.05) is 44.8 Å². The molecule has 3 N–H and O–H groups in total. The molecule has 0 radical (unpaired) electrons. The van der Waals surface area contributed by atoms with Gasteiger partial charge < -0.3 is 25.4 Å². The molecule has 0 bridgehead atoms. The Morgan fingerprint density at radius 2 is 1.86 bits per heavy atom. The molecule has 0 spiro atoms. The number of nitrogens with one attached hydrogen (secondary N) is 2. The van der Waals surface area contributed by atoms with Crippen molar-refractivity contribution in [2.45, 2.75) is 37.4 Å². The molecule has 3 aliphatic rings. The summed E-state index contributed by atoms with van der Waals surface area (Å²) in [5, 5.41) is 24.8. The number of halogens is 2. The van der Waals surface area contributed by atoms with E-state index in [9.17, 15) is 33.5 Å². The maximum atomic E-state index is 14.2. The lowest BCUT2D eigenvalue weighted by Crippen LogP contribution is -2.56. The van der Waals surface area contributed by atoms with Gasteiger partial charge in [-0.05, 0) is 49.1 Å². The number of ether oxygens (including phenoxy) is 1. The molecule has 0 aromatic heterocycles. The van der Waals surface area contributed by atoms with Gasteiger partial charge in [0.05, 0.1) is 29.1 Å². The van der Waals surface area contributed by atoms with E-state index in [2.05, 4.69) is 26.5 Å². The number of amides is 4. The Morgan fingerprint density at radius 1 is 1.12 bits per heavy atom. The van der Waals surface area contributed by atoms with E-state index in [-0.39, 0.29) is 35.5 Å². The number of hydrogen-bond donors (Lipinski definition) is 3. The third-order valence-corrected chi connectivity index (χ3v) is 8.26. The molecule has 5 rings (SSSR count). The van der Waals surface area contributed by atoms with Crippen LogP contribution in [0.4, 0.5) is 24.1 Å². The van der Waals surface area contributed by atoms with E-state index in [1.54, 1.807) is 6.07 Å². The van der Waals surface area contributed by atoms with Gasteiger partial charge in [0, 0.05) is 45.4 Å². The van der Waals surface area contributed by atoms with Crippen molar-refractivity contribution in [3.05, 3.63) is 76.5 Å². The summed E-state index contributed by atoms with van der Waals surface area (Å²) < 4.78 is 33.0. The summed E-state index contributed by atoms with van der Waals surface area (Å²) in [5.74, 6) is -3.83. The first-order valence-electron chi connectivity index (χ1n) is 14.0. The summed E-state index contributed by atoms with van der Waals surface area (Å²) >= 11 is 0. The molecular weight excluding hydrogens is 562 g/mol. The maximum Gasteiger partial charge on any atom is 0.335 e. The third-order valence-electron chi connectivity index (χ3n) is 8.26. The molecule has 2 aliphatic heterocycles. The normalized spacial score (nSPS) is 22.7. The molecule has 2 aromatic carbocycles. The molecule has 4 amide bonds. The van der Waals surface area contributed by atoms with Gasteiger partial charge in [-0.15, -0.1) is 0 Å². The van der Waals surface area contributed by atoms with Gasteiger partial charge in [0.25, 0.3) is 0 Å². The fraction of sp³-hybridized carbons (Fsp3) is 0.400. The van der Waals surface area contributed by atoms with E-state index in [0.717, 1.165) is 56.5 Å². The standard InChI is InChI=1S/C30H32F2N6O5/c1-43-17-24-26(28(39)40)27(18-6-9-22(31)23(32)14-18)38(30(42)35-24)29(41)34-20-7-8-21(15-20)36-10-12-37(13-11-36)25-5-3-2-4-19(25)16-33/h2-6,9,14,20-21,27H,7-8,10-13,15,17H2,1H3,(H,34,41)(H,35,42)(H,39,40)/t20-,21-,27+/m1/s1. The van der Waals surface area contributed by atoms with Crippen LogP contribution in [0.2, 0.25) is 0 Å². The lowest BCUT2D eigenvalue weighted by molar-refractivity contribution is -0.133. The van der Waals surface area contributed by atoms with Crippen LogP contribution in [0, 0.1) is 23.0 Å². The van der Waals surface area contributed by atoms with E-state index in [4.69, 9.17) is 4.74 Å². The highest BCUT2D eigenvalue weighted by Crippen LogP contribution is 2.35. The van der Waals surface area contributed by atoms with E-state index in [1.807, 2.05) is 18.2 Å². The van der Waals surface area contributed by atoms with Crippen molar-refractivity contribution >= 4 is 23.7 Å². The van der Waals surface area contributed by atoms with Gasteiger partial charge in [0.2, 0.25) is 0 Å². The minimum atomic E-state index is -1.52. The van der Waals surface area contributed by atoms with Gasteiger partial charge >= 0.3 is 18.0 Å². The van der Waals surface area contributed by atoms with Crippen molar-refractivity contribution < 1.29 is 33.0 Å². The minimum absolute atomic E-state index is 0.0740. The number of carboxylic acid groups (broad SMARTS) is 1. The predicted octanol–water partition coefficient (Wildman–Crippen LogP) is 3.34. The molecule has 1 aliphatic carbocycles. The number of hydrogen-bond acceptors (Lipinski definition) is 7. The Balaban J connectivity index is 1.29. The van der Waals surface area contributed by atoms with Gasteiger partial charge in [-0.1, -0.05) is 18.2 Å². The molecular formula is C30H32F2N6O5. The van der Waals surface area contributed by atoms with Crippen LogP contribution in [-0.4, -0.2) is 84.9 Å². The fourth-order valence-electron chi connectivity index (χ4n) is 6.22. The van der Waals surface area contributed by atoms with Crippen LogP contribution in [0.15, 0.2) is 53.7 Å². The number of nitrogens with zero attached hydrogens (tertiary/aromatic N) is 4. The number of urea groups is 2. The van der Waals surface area contributed by atoms with Crippen molar-refractivity contribution in [1.29, 1.82) is 5.26 Å². The Bertz CT molecular complexity index is 1490. The zero-order valence-electron chi connectivity index (χ0n) is 23.6. The summed E-state index contributed by atoms with van der Waals surface area (Å²) in [6.45, 7) is 2.80. The molecule has 1 saturated carbocycles. The second-order valence-electron chi connectivity index (χ2n) is 10.8. The monoisotopic (exact) mass is 594 g/mol. The number of piperazine rings is 1. The first-order valence-corrected chi connectivity index (χ1v) is 14.0. The summed E-state index contributed by atoms with van der Waals surface area (Å²) in [5.41, 5.74) is 1.01. The lowest BCUT2D eigenvalue weighted by Gasteiger charge is -2.39. The molecule has 2 aromatic rings. The molecule has 226 valence electrons. The molecule has 11 nitrogen and oxygen atoms in total. The van der Waals surface area contributed by atoms with Gasteiger partial charge in [-0.2, -0.15) is 5.26 Å². The van der Waals surface area contributed by atoms with Crippen molar-refractivity contribution in [2.24, 2.45) is 0 Å². The van der Waals surface area contributed by atoms with E-state index in [1.165, 1.54) is 7.11 Å². The third kappa shape index (κ3) is 6.16.